The average Bonchev–Trinajstić information content (AvgIpc) is 2.79. The van der Waals surface area contributed by atoms with E-state index in [9.17, 15) is 4.79 Å². The lowest BCUT2D eigenvalue weighted by atomic mass is 10.1. The number of hydrogen-bond donors (Lipinski definition) is 1. The number of ether oxygens (including phenoxy) is 3. The standard InChI is InChI=1S/C25H27NO4/c1-28-23-13-12-22(14-24(23)29-2)15-25(27)26-16-19-8-10-21(11-9-19)18-30-17-20-6-4-3-5-7-20/h3-14H,15-18H2,1-2H3,(H,26,27). The van der Waals surface area contributed by atoms with E-state index in [1.807, 2.05) is 66.7 Å². The fourth-order valence-electron chi connectivity index (χ4n) is 3.05. The van der Waals surface area contributed by atoms with Gasteiger partial charge in [-0.3, -0.25) is 4.79 Å². The van der Waals surface area contributed by atoms with Crippen LogP contribution in [0.3, 0.4) is 0 Å². The number of amides is 1. The highest BCUT2D eigenvalue weighted by Crippen LogP contribution is 2.27. The SMILES string of the molecule is COc1ccc(CC(=O)NCc2ccc(COCc3ccccc3)cc2)cc1OC. The van der Waals surface area contributed by atoms with Gasteiger partial charge in [-0.15, -0.1) is 0 Å². The Morgan fingerprint density at radius 2 is 1.33 bits per heavy atom. The van der Waals surface area contributed by atoms with Crippen LogP contribution in [0, 0.1) is 0 Å². The molecular formula is C25H27NO4. The van der Waals surface area contributed by atoms with Gasteiger partial charge in [0.25, 0.3) is 0 Å². The molecule has 0 fully saturated rings. The molecule has 0 saturated carbocycles. The summed E-state index contributed by atoms with van der Waals surface area (Å²) in [5.74, 6) is 1.22. The predicted octanol–water partition coefficient (Wildman–Crippen LogP) is 4.28. The summed E-state index contributed by atoms with van der Waals surface area (Å²) in [6.07, 6.45) is 0.283. The maximum Gasteiger partial charge on any atom is 0.224 e. The molecule has 156 valence electrons. The minimum atomic E-state index is -0.0440. The van der Waals surface area contributed by atoms with Gasteiger partial charge in [-0.05, 0) is 34.4 Å². The average molecular weight is 405 g/mol. The quantitative estimate of drug-likeness (QED) is 0.547. The number of carbonyl (C=O) groups is 1. The zero-order valence-corrected chi connectivity index (χ0v) is 17.4. The Balaban J connectivity index is 1.43. The molecule has 0 radical (unpaired) electrons. The number of benzene rings is 3. The summed E-state index contributed by atoms with van der Waals surface area (Å²) in [5, 5.41) is 2.96. The van der Waals surface area contributed by atoms with Crippen LogP contribution in [0.4, 0.5) is 0 Å². The minimum absolute atomic E-state index is 0.0440. The molecule has 0 saturated heterocycles. The zero-order chi connectivity index (χ0) is 21.2. The first-order valence-electron chi connectivity index (χ1n) is 9.85. The van der Waals surface area contributed by atoms with Crippen LogP contribution in [0.1, 0.15) is 22.3 Å². The number of rotatable bonds is 10. The normalized spacial score (nSPS) is 10.5. The molecule has 3 rings (SSSR count). The molecule has 0 heterocycles. The van der Waals surface area contributed by atoms with Crippen molar-refractivity contribution in [2.45, 2.75) is 26.2 Å². The summed E-state index contributed by atoms with van der Waals surface area (Å²) in [6, 6.07) is 23.7. The van der Waals surface area contributed by atoms with Gasteiger partial charge in [-0.1, -0.05) is 60.7 Å². The second-order valence-corrected chi connectivity index (χ2v) is 6.94. The molecule has 3 aromatic rings. The number of nitrogens with one attached hydrogen (secondary N) is 1. The maximum absolute atomic E-state index is 12.3. The monoisotopic (exact) mass is 405 g/mol. The van der Waals surface area contributed by atoms with Gasteiger partial charge in [0.2, 0.25) is 5.91 Å². The third-order valence-corrected chi connectivity index (χ3v) is 4.71. The van der Waals surface area contributed by atoms with Crippen LogP contribution in [-0.4, -0.2) is 20.1 Å². The van der Waals surface area contributed by atoms with Crippen molar-refractivity contribution in [3.63, 3.8) is 0 Å². The van der Waals surface area contributed by atoms with E-state index in [0.29, 0.717) is 31.3 Å². The maximum atomic E-state index is 12.3. The lowest BCUT2D eigenvalue weighted by Gasteiger charge is -2.10. The molecule has 3 aromatic carbocycles. The summed E-state index contributed by atoms with van der Waals surface area (Å²) in [5.41, 5.74) is 4.18. The second kappa shape index (κ2) is 11.0. The van der Waals surface area contributed by atoms with Gasteiger partial charge >= 0.3 is 0 Å². The molecule has 0 atom stereocenters. The lowest BCUT2D eigenvalue weighted by molar-refractivity contribution is -0.120. The Morgan fingerprint density at radius 1 is 0.733 bits per heavy atom. The van der Waals surface area contributed by atoms with Crippen LogP contribution in [0.25, 0.3) is 0 Å². The van der Waals surface area contributed by atoms with Crippen molar-refractivity contribution in [1.82, 2.24) is 5.32 Å². The van der Waals surface area contributed by atoms with Crippen LogP contribution in [0.15, 0.2) is 72.8 Å². The highest BCUT2D eigenvalue weighted by atomic mass is 16.5. The van der Waals surface area contributed by atoms with Crippen LogP contribution < -0.4 is 14.8 Å². The van der Waals surface area contributed by atoms with E-state index in [0.717, 1.165) is 22.3 Å². The van der Waals surface area contributed by atoms with Crippen LogP contribution >= 0.6 is 0 Å². The van der Waals surface area contributed by atoms with Crippen molar-refractivity contribution < 1.29 is 19.0 Å². The lowest BCUT2D eigenvalue weighted by Crippen LogP contribution is -2.24. The van der Waals surface area contributed by atoms with E-state index < -0.39 is 0 Å². The van der Waals surface area contributed by atoms with Crippen LogP contribution in [0.5, 0.6) is 11.5 Å². The van der Waals surface area contributed by atoms with E-state index in [-0.39, 0.29) is 12.3 Å². The molecule has 0 aromatic heterocycles. The topological polar surface area (TPSA) is 56.8 Å². The zero-order valence-electron chi connectivity index (χ0n) is 17.4. The molecule has 30 heavy (non-hydrogen) atoms. The van der Waals surface area contributed by atoms with Crippen LogP contribution in [0.2, 0.25) is 0 Å². The molecule has 5 nitrogen and oxygen atoms in total. The molecular weight excluding hydrogens is 378 g/mol. The summed E-state index contributed by atoms with van der Waals surface area (Å²) in [7, 11) is 3.17. The first-order valence-corrected chi connectivity index (χ1v) is 9.85. The molecule has 0 spiro atoms. The largest absolute Gasteiger partial charge is 0.493 e. The molecule has 0 aliphatic heterocycles. The first-order chi connectivity index (χ1) is 14.7. The number of carbonyl (C=O) groups excluding carboxylic acids is 1. The molecule has 0 aliphatic carbocycles. The molecule has 1 amide bonds. The van der Waals surface area contributed by atoms with Crippen molar-refractivity contribution in [2.75, 3.05) is 14.2 Å². The van der Waals surface area contributed by atoms with E-state index in [1.165, 1.54) is 0 Å². The Morgan fingerprint density at radius 3 is 2.00 bits per heavy atom. The summed E-state index contributed by atoms with van der Waals surface area (Å²) >= 11 is 0. The van der Waals surface area contributed by atoms with Crippen molar-refractivity contribution in [2.24, 2.45) is 0 Å². The Bertz CT molecular complexity index is 939. The Labute approximate surface area is 177 Å². The number of methoxy groups -OCH3 is 2. The van der Waals surface area contributed by atoms with E-state index >= 15 is 0 Å². The third-order valence-electron chi connectivity index (χ3n) is 4.71. The summed E-state index contributed by atoms with van der Waals surface area (Å²) < 4.78 is 16.3. The first kappa shape index (κ1) is 21.4. The van der Waals surface area contributed by atoms with Crippen molar-refractivity contribution in [3.05, 3.63) is 95.1 Å². The van der Waals surface area contributed by atoms with Gasteiger partial charge < -0.3 is 19.5 Å². The van der Waals surface area contributed by atoms with Gasteiger partial charge in [-0.2, -0.15) is 0 Å². The minimum Gasteiger partial charge on any atom is -0.493 e. The van der Waals surface area contributed by atoms with Crippen molar-refractivity contribution in [3.8, 4) is 11.5 Å². The summed E-state index contributed by atoms with van der Waals surface area (Å²) in [4.78, 5) is 12.3. The fourth-order valence-corrected chi connectivity index (χ4v) is 3.05. The fraction of sp³-hybridized carbons (Fsp3) is 0.240. The van der Waals surface area contributed by atoms with Crippen molar-refractivity contribution in [1.29, 1.82) is 0 Å². The van der Waals surface area contributed by atoms with Gasteiger partial charge in [0.1, 0.15) is 0 Å². The molecule has 0 unspecified atom stereocenters. The van der Waals surface area contributed by atoms with Gasteiger partial charge in [0, 0.05) is 6.54 Å². The molecule has 0 aliphatic rings. The molecule has 5 heteroatoms. The number of hydrogen-bond acceptors (Lipinski definition) is 4. The Hall–Kier alpha value is -3.31. The highest BCUT2D eigenvalue weighted by Gasteiger charge is 2.08. The van der Waals surface area contributed by atoms with Crippen LogP contribution in [-0.2, 0) is 35.7 Å². The second-order valence-electron chi connectivity index (χ2n) is 6.94. The highest BCUT2D eigenvalue weighted by molar-refractivity contribution is 5.78. The molecule has 1 N–H and O–H groups in total. The Kier molecular flexibility index (Phi) is 7.86. The van der Waals surface area contributed by atoms with E-state index in [4.69, 9.17) is 14.2 Å². The van der Waals surface area contributed by atoms with Gasteiger partial charge in [0.15, 0.2) is 11.5 Å². The van der Waals surface area contributed by atoms with Gasteiger partial charge in [0.05, 0.1) is 33.9 Å². The smallest absolute Gasteiger partial charge is 0.224 e. The molecule has 0 bridgehead atoms. The van der Waals surface area contributed by atoms with E-state index in [1.54, 1.807) is 20.3 Å². The third kappa shape index (κ3) is 6.36. The predicted molar refractivity (Wildman–Crippen MR) is 116 cm³/mol. The van der Waals surface area contributed by atoms with E-state index in [2.05, 4.69) is 5.32 Å². The summed E-state index contributed by atoms with van der Waals surface area (Å²) in [6.45, 7) is 1.63. The van der Waals surface area contributed by atoms with Crippen molar-refractivity contribution >= 4 is 5.91 Å². The van der Waals surface area contributed by atoms with Gasteiger partial charge in [-0.25, -0.2) is 0 Å².